The summed E-state index contributed by atoms with van der Waals surface area (Å²) in [6.07, 6.45) is 0. The van der Waals surface area contributed by atoms with Crippen molar-refractivity contribution in [3.63, 3.8) is 0 Å². The molecule has 0 aliphatic heterocycles. The van der Waals surface area contributed by atoms with Gasteiger partial charge < -0.3 is 10.6 Å². The average Bonchev–Trinajstić information content (AvgIpc) is 2.48. The first-order chi connectivity index (χ1) is 10.1. The van der Waals surface area contributed by atoms with Crippen molar-refractivity contribution in [1.29, 1.82) is 0 Å². The van der Waals surface area contributed by atoms with Gasteiger partial charge in [-0.1, -0.05) is 30.3 Å². The van der Waals surface area contributed by atoms with Crippen molar-refractivity contribution < 1.29 is 9.59 Å². The Kier molecular flexibility index (Phi) is 5.11. The Hall–Kier alpha value is -2.14. The van der Waals surface area contributed by atoms with Gasteiger partial charge in [-0.3, -0.25) is 9.59 Å². The number of rotatable bonds is 4. The third-order valence-electron chi connectivity index (χ3n) is 2.95. The number of amides is 2. The molecule has 21 heavy (non-hydrogen) atoms. The molecule has 0 bridgehead atoms. The van der Waals surface area contributed by atoms with E-state index < -0.39 is 0 Å². The SMILES string of the molecule is Cc1ccccc1C(=O)NCC(=O)Nc1ccccc1Br. The summed E-state index contributed by atoms with van der Waals surface area (Å²) in [5, 5.41) is 5.34. The number of hydrogen-bond donors (Lipinski definition) is 2. The highest BCUT2D eigenvalue weighted by Crippen LogP contribution is 2.20. The Morgan fingerprint density at radius 3 is 2.43 bits per heavy atom. The Morgan fingerprint density at radius 2 is 1.71 bits per heavy atom. The molecule has 0 spiro atoms. The van der Waals surface area contributed by atoms with Crippen LogP contribution in [-0.4, -0.2) is 18.4 Å². The number of nitrogens with one attached hydrogen (secondary N) is 2. The fourth-order valence-corrected chi connectivity index (χ4v) is 2.22. The maximum Gasteiger partial charge on any atom is 0.251 e. The Labute approximate surface area is 131 Å². The topological polar surface area (TPSA) is 58.2 Å². The van der Waals surface area contributed by atoms with E-state index in [1.54, 1.807) is 18.2 Å². The van der Waals surface area contributed by atoms with E-state index in [1.165, 1.54) is 0 Å². The van der Waals surface area contributed by atoms with Gasteiger partial charge >= 0.3 is 0 Å². The lowest BCUT2D eigenvalue weighted by Crippen LogP contribution is -2.33. The smallest absolute Gasteiger partial charge is 0.251 e. The predicted octanol–water partition coefficient (Wildman–Crippen LogP) is 3.13. The molecule has 2 aromatic rings. The fraction of sp³-hybridized carbons (Fsp3) is 0.125. The molecule has 4 nitrogen and oxygen atoms in total. The second-order valence-corrected chi connectivity index (χ2v) is 5.38. The minimum absolute atomic E-state index is 0.0749. The van der Waals surface area contributed by atoms with Gasteiger partial charge in [0, 0.05) is 10.0 Å². The van der Waals surface area contributed by atoms with E-state index in [0.717, 1.165) is 10.0 Å². The van der Waals surface area contributed by atoms with Gasteiger partial charge in [0.1, 0.15) is 0 Å². The highest BCUT2D eigenvalue weighted by Gasteiger charge is 2.10. The summed E-state index contributed by atoms with van der Waals surface area (Å²) in [4.78, 5) is 23.8. The van der Waals surface area contributed by atoms with Crippen molar-refractivity contribution >= 4 is 33.4 Å². The highest BCUT2D eigenvalue weighted by molar-refractivity contribution is 9.10. The van der Waals surface area contributed by atoms with Crippen LogP contribution < -0.4 is 10.6 Å². The third-order valence-corrected chi connectivity index (χ3v) is 3.64. The number of carbonyl (C=O) groups is 2. The van der Waals surface area contributed by atoms with Crippen LogP contribution in [0.3, 0.4) is 0 Å². The molecule has 5 heteroatoms. The van der Waals surface area contributed by atoms with Gasteiger partial charge in [-0.15, -0.1) is 0 Å². The van der Waals surface area contributed by atoms with Crippen LogP contribution in [0.2, 0.25) is 0 Å². The molecule has 2 N–H and O–H groups in total. The predicted molar refractivity (Wildman–Crippen MR) is 86.3 cm³/mol. The van der Waals surface area contributed by atoms with Gasteiger partial charge in [0.25, 0.3) is 5.91 Å². The van der Waals surface area contributed by atoms with Crippen LogP contribution in [0, 0.1) is 6.92 Å². The maximum atomic E-state index is 12.0. The summed E-state index contributed by atoms with van der Waals surface area (Å²) in [6.45, 7) is 1.78. The van der Waals surface area contributed by atoms with Crippen LogP contribution in [0.5, 0.6) is 0 Å². The summed E-state index contributed by atoms with van der Waals surface area (Å²) >= 11 is 3.35. The molecule has 0 saturated carbocycles. The third kappa shape index (κ3) is 4.16. The van der Waals surface area contributed by atoms with Gasteiger partial charge in [0.2, 0.25) is 5.91 Å². The van der Waals surface area contributed by atoms with E-state index in [-0.39, 0.29) is 18.4 Å². The summed E-state index contributed by atoms with van der Waals surface area (Å²) in [5.74, 6) is -0.529. The van der Waals surface area contributed by atoms with Gasteiger partial charge in [0.05, 0.1) is 12.2 Å². The minimum atomic E-state index is -0.274. The van der Waals surface area contributed by atoms with Crippen LogP contribution in [0.15, 0.2) is 53.0 Å². The molecule has 2 aromatic carbocycles. The number of carbonyl (C=O) groups excluding carboxylic acids is 2. The van der Waals surface area contributed by atoms with Gasteiger partial charge in [-0.25, -0.2) is 0 Å². The minimum Gasteiger partial charge on any atom is -0.343 e. The number of halogens is 1. The van der Waals surface area contributed by atoms with Crippen LogP contribution in [0.25, 0.3) is 0 Å². The first-order valence-electron chi connectivity index (χ1n) is 6.46. The normalized spacial score (nSPS) is 10.0. The molecule has 0 unspecified atom stereocenters. The molecule has 0 atom stereocenters. The van der Waals surface area contributed by atoms with Crippen LogP contribution in [0.4, 0.5) is 5.69 Å². The molecule has 2 rings (SSSR count). The van der Waals surface area contributed by atoms with Crippen molar-refractivity contribution in [3.8, 4) is 0 Å². The van der Waals surface area contributed by atoms with Crippen LogP contribution in [0.1, 0.15) is 15.9 Å². The van der Waals surface area contributed by atoms with E-state index in [4.69, 9.17) is 0 Å². The number of hydrogen-bond acceptors (Lipinski definition) is 2. The van der Waals surface area contributed by atoms with Crippen molar-refractivity contribution in [2.24, 2.45) is 0 Å². The van der Waals surface area contributed by atoms with Crippen molar-refractivity contribution in [3.05, 3.63) is 64.1 Å². The van der Waals surface area contributed by atoms with E-state index in [0.29, 0.717) is 11.3 Å². The monoisotopic (exact) mass is 346 g/mol. The average molecular weight is 347 g/mol. The largest absolute Gasteiger partial charge is 0.343 e. The van der Waals surface area contributed by atoms with Gasteiger partial charge in [-0.05, 0) is 46.6 Å². The fourth-order valence-electron chi connectivity index (χ4n) is 1.84. The van der Waals surface area contributed by atoms with E-state index in [1.807, 2.05) is 37.3 Å². The molecule has 0 heterocycles. The van der Waals surface area contributed by atoms with Crippen molar-refractivity contribution in [1.82, 2.24) is 5.32 Å². The summed E-state index contributed by atoms with van der Waals surface area (Å²) < 4.78 is 0.795. The second-order valence-electron chi connectivity index (χ2n) is 4.53. The van der Waals surface area contributed by atoms with E-state index in [2.05, 4.69) is 26.6 Å². The zero-order valence-electron chi connectivity index (χ0n) is 11.5. The molecule has 0 aromatic heterocycles. The molecular weight excluding hydrogens is 332 g/mol. The number of aryl methyl sites for hydroxylation is 1. The summed E-state index contributed by atoms with van der Waals surface area (Å²) in [7, 11) is 0. The number of benzene rings is 2. The number of para-hydroxylation sites is 1. The molecule has 0 aliphatic carbocycles. The molecule has 108 valence electrons. The van der Waals surface area contributed by atoms with Crippen molar-refractivity contribution in [2.75, 3.05) is 11.9 Å². The zero-order chi connectivity index (χ0) is 15.2. The van der Waals surface area contributed by atoms with E-state index in [9.17, 15) is 9.59 Å². The first-order valence-corrected chi connectivity index (χ1v) is 7.25. The lowest BCUT2D eigenvalue weighted by Gasteiger charge is -2.09. The highest BCUT2D eigenvalue weighted by atomic mass is 79.9. The Balaban J connectivity index is 1.91. The number of anilines is 1. The summed E-state index contributed by atoms with van der Waals surface area (Å²) in [6, 6.07) is 14.6. The Bertz CT molecular complexity index is 671. The quantitative estimate of drug-likeness (QED) is 0.893. The van der Waals surface area contributed by atoms with E-state index >= 15 is 0 Å². The van der Waals surface area contributed by atoms with Gasteiger partial charge in [-0.2, -0.15) is 0 Å². The molecule has 0 saturated heterocycles. The molecule has 0 radical (unpaired) electrons. The van der Waals surface area contributed by atoms with Crippen LogP contribution >= 0.6 is 15.9 Å². The molecule has 0 aliphatic rings. The van der Waals surface area contributed by atoms with Crippen LogP contribution in [-0.2, 0) is 4.79 Å². The summed E-state index contributed by atoms with van der Waals surface area (Å²) in [5.41, 5.74) is 2.13. The maximum absolute atomic E-state index is 12.0. The standard InChI is InChI=1S/C16H15BrN2O2/c1-11-6-2-3-7-12(11)16(21)18-10-15(20)19-14-9-5-4-8-13(14)17/h2-9H,10H2,1H3,(H,18,21)(H,19,20). The Morgan fingerprint density at radius 1 is 1.05 bits per heavy atom. The van der Waals surface area contributed by atoms with Crippen molar-refractivity contribution in [2.45, 2.75) is 6.92 Å². The molecule has 0 fully saturated rings. The molecular formula is C16H15BrN2O2. The van der Waals surface area contributed by atoms with Gasteiger partial charge in [0.15, 0.2) is 0 Å². The first kappa shape index (κ1) is 15.3. The molecule has 2 amide bonds. The lowest BCUT2D eigenvalue weighted by molar-refractivity contribution is -0.115. The second kappa shape index (κ2) is 7.04. The zero-order valence-corrected chi connectivity index (χ0v) is 13.1. The lowest BCUT2D eigenvalue weighted by atomic mass is 10.1.